The predicted molar refractivity (Wildman–Crippen MR) is 61.6 cm³/mol. The van der Waals surface area contributed by atoms with Crippen molar-refractivity contribution in [2.24, 2.45) is 5.92 Å². The summed E-state index contributed by atoms with van der Waals surface area (Å²) in [5, 5.41) is 0. The lowest BCUT2D eigenvalue weighted by molar-refractivity contribution is 0.510. The Kier molecular flexibility index (Phi) is 5.93. The standard InChI is InChI=1S/C10H15NO.C2H6/c1-8(2)6-11-7-9(3)4-5-10(11)12;1-2/h4-5,7-8H,6H2,1-3H3;1-2H3. The molecule has 0 saturated carbocycles. The van der Waals surface area contributed by atoms with Crippen LogP contribution in [0.5, 0.6) is 0 Å². The van der Waals surface area contributed by atoms with E-state index in [0.29, 0.717) is 5.92 Å². The normalized spacial score (nSPS) is 9.57. The van der Waals surface area contributed by atoms with E-state index in [9.17, 15) is 4.79 Å². The molecule has 0 unspecified atom stereocenters. The van der Waals surface area contributed by atoms with Gasteiger partial charge >= 0.3 is 0 Å². The van der Waals surface area contributed by atoms with Gasteiger partial charge in [0.2, 0.25) is 0 Å². The molecule has 1 rings (SSSR count). The smallest absolute Gasteiger partial charge is 0.250 e. The van der Waals surface area contributed by atoms with Crippen LogP contribution >= 0.6 is 0 Å². The fourth-order valence-electron chi connectivity index (χ4n) is 1.19. The van der Waals surface area contributed by atoms with Gasteiger partial charge in [-0.25, -0.2) is 0 Å². The molecule has 0 aliphatic heterocycles. The van der Waals surface area contributed by atoms with Gasteiger partial charge in [-0.2, -0.15) is 0 Å². The van der Waals surface area contributed by atoms with Crippen LogP contribution in [0.2, 0.25) is 0 Å². The summed E-state index contributed by atoms with van der Waals surface area (Å²) in [7, 11) is 0. The Morgan fingerprint density at radius 1 is 1.29 bits per heavy atom. The molecule has 2 nitrogen and oxygen atoms in total. The minimum Gasteiger partial charge on any atom is -0.315 e. The summed E-state index contributed by atoms with van der Waals surface area (Å²) in [6.07, 6.45) is 1.91. The van der Waals surface area contributed by atoms with Crippen molar-refractivity contribution in [3.05, 3.63) is 34.2 Å². The minimum absolute atomic E-state index is 0.0919. The van der Waals surface area contributed by atoms with Gasteiger partial charge in [-0.3, -0.25) is 4.79 Å². The van der Waals surface area contributed by atoms with Gasteiger partial charge in [-0.1, -0.05) is 33.8 Å². The number of aromatic nitrogens is 1. The molecular formula is C12H21NO. The maximum Gasteiger partial charge on any atom is 0.250 e. The van der Waals surface area contributed by atoms with E-state index in [0.717, 1.165) is 12.1 Å². The Morgan fingerprint density at radius 2 is 1.86 bits per heavy atom. The minimum atomic E-state index is 0.0919. The predicted octanol–water partition coefficient (Wildman–Crippen LogP) is 2.84. The van der Waals surface area contributed by atoms with Gasteiger partial charge in [0, 0.05) is 18.8 Å². The van der Waals surface area contributed by atoms with Crippen LogP contribution in [-0.4, -0.2) is 4.57 Å². The second kappa shape index (κ2) is 6.41. The molecule has 1 aromatic rings. The van der Waals surface area contributed by atoms with Gasteiger partial charge in [0.05, 0.1) is 0 Å². The molecule has 0 aliphatic rings. The molecule has 80 valence electrons. The van der Waals surface area contributed by atoms with Gasteiger partial charge in [-0.15, -0.1) is 0 Å². The number of rotatable bonds is 2. The van der Waals surface area contributed by atoms with Crippen LogP contribution in [-0.2, 0) is 6.54 Å². The molecule has 0 atom stereocenters. The van der Waals surface area contributed by atoms with Gasteiger partial charge in [-0.05, 0) is 18.4 Å². The lowest BCUT2D eigenvalue weighted by Crippen LogP contribution is -2.20. The Balaban J connectivity index is 0.000000791. The molecule has 1 aromatic heterocycles. The van der Waals surface area contributed by atoms with Crippen LogP contribution in [0.15, 0.2) is 23.1 Å². The summed E-state index contributed by atoms with van der Waals surface area (Å²) in [4.78, 5) is 11.3. The third-order valence-corrected chi connectivity index (χ3v) is 1.69. The maximum absolute atomic E-state index is 11.3. The van der Waals surface area contributed by atoms with E-state index >= 15 is 0 Å². The average molecular weight is 195 g/mol. The van der Waals surface area contributed by atoms with Crippen molar-refractivity contribution in [2.75, 3.05) is 0 Å². The van der Waals surface area contributed by atoms with Crippen LogP contribution in [0.25, 0.3) is 0 Å². The van der Waals surface area contributed by atoms with Crippen LogP contribution in [0, 0.1) is 12.8 Å². The van der Waals surface area contributed by atoms with Crippen LogP contribution in [0.3, 0.4) is 0 Å². The fraction of sp³-hybridized carbons (Fsp3) is 0.583. The summed E-state index contributed by atoms with van der Waals surface area (Å²) in [6, 6.07) is 3.47. The van der Waals surface area contributed by atoms with Crippen molar-refractivity contribution in [1.82, 2.24) is 4.57 Å². The molecule has 0 bridgehead atoms. The zero-order valence-electron chi connectivity index (χ0n) is 9.87. The Labute approximate surface area is 86.6 Å². The topological polar surface area (TPSA) is 22.0 Å². The van der Waals surface area contributed by atoms with E-state index in [1.165, 1.54) is 0 Å². The highest BCUT2D eigenvalue weighted by molar-refractivity contribution is 5.07. The number of nitrogens with zero attached hydrogens (tertiary/aromatic N) is 1. The van der Waals surface area contributed by atoms with Gasteiger partial charge in [0.1, 0.15) is 0 Å². The third-order valence-electron chi connectivity index (χ3n) is 1.69. The first kappa shape index (κ1) is 12.9. The van der Waals surface area contributed by atoms with Gasteiger partial charge < -0.3 is 4.57 Å². The average Bonchev–Trinajstić information content (AvgIpc) is 2.14. The first-order chi connectivity index (χ1) is 6.59. The molecule has 14 heavy (non-hydrogen) atoms. The van der Waals surface area contributed by atoms with Crippen molar-refractivity contribution in [3.63, 3.8) is 0 Å². The van der Waals surface area contributed by atoms with Crippen LogP contribution < -0.4 is 5.56 Å². The summed E-state index contributed by atoms with van der Waals surface area (Å²) in [5.74, 6) is 0.518. The van der Waals surface area contributed by atoms with E-state index in [1.54, 1.807) is 10.6 Å². The Bertz CT molecular complexity index is 312. The second-order valence-electron chi connectivity index (χ2n) is 3.59. The molecule has 0 spiro atoms. The largest absolute Gasteiger partial charge is 0.315 e. The second-order valence-corrected chi connectivity index (χ2v) is 3.59. The highest BCUT2D eigenvalue weighted by Crippen LogP contribution is 1.98. The molecule has 1 heterocycles. The van der Waals surface area contributed by atoms with Gasteiger partial charge in [0.15, 0.2) is 0 Å². The molecule has 0 amide bonds. The van der Waals surface area contributed by atoms with Gasteiger partial charge in [0.25, 0.3) is 5.56 Å². The number of hydrogen-bond acceptors (Lipinski definition) is 1. The van der Waals surface area contributed by atoms with E-state index in [-0.39, 0.29) is 5.56 Å². The lowest BCUT2D eigenvalue weighted by Gasteiger charge is -2.08. The van der Waals surface area contributed by atoms with E-state index in [4.69, 9.17) is 0 Å². The highest BCUT2D eigenvalue weighted by atomic mass is 16.1. The van der Waals surface area contributed by atoms with Crippen molar-refractivity contribution in [1.29, 1.82) is 0 Å². The molecule has 0 aromatic carbocycles. The lowest BCUT2D eigenvalue weighted by atomic mass is 10.2. The van der Waals surface area contributed by atoms with Crippen molar-refractivity contribution >= 4 is 0 Å². The van der Waals surface area contributed by atoms with E-state index < -0.39 is 0 Å². The molecule has 0 fully saturated rings. The summed E-state index contributed by atoms with van der Waals surface area (Å²) < 4.78 is 1.76. The molecule has 0 aliphatic carbocycles. The first-order valence-electron chi connectivity index (χ1n) is 5.26. The van der Waals surface area contributed by atoms with Crippen molar-refractivity contribution < 1.29 is 0 Å². The first-order valence-corrected chi connectivity index (χ1v) is 5.26. The van der Waals surface area contributed by atoms with Crippen LogP contribution in [0.4, 0.5) is 0 Å². The van der Waals surface area contributed by atoms with Crippen molar-refractivity contribution in [3.8, 4) is 0 Å². The summed E-state index contributed by atoms with van der Waals surface area (Å²) in [6.45, 7) is 11.0. The molecule has 0 saturated heterocycles. The molecular weight excluding hydrogens is 174 g/mol. The monoisotopic (exact) mass is 195 g/mol. The summed E-state index contributed by atoms with van der Waals surface area (Å²) in [5.41, 5.74) is 1.23. The maximum atomic E-state index is 11.3. The summed E-state index contributed by atoms with van der Waals surface area (Å²) >= 11 is 0. The number of aryl methyl sites for hydroxylation is 1. The number of pyridine rings is 1. The zero-order chi connectivity index (χ0) is 11.1. The fourth-order valence-corrected chi connectivity index (χ4v) is 1.19. The molecule has 0 N–H and O–H groups in total. The number of hydrogen-bond donors (Lipinski definition) is 0. The Hall–Kier alpha value is -1.05. The molecule has 2 heteroatoms. The Morgan fingerprint density at radius 3 is 2.36 bits per heavy atom. The quantitative estimate of drug-likeness (QED) is 0.711. The third kappa shape index (κ3) is 4.26. The van der Waals surface area contributed by atoms with Crippen molar-refractivity contribution in [2.45, 2.75) is 41.2 Å². The van der Waals surface area contributed by atoms with Crippen LogP contribution in [0.1, 0.15) is 33.3 Å². The van der Waals surface area contributed by atoms with E-state index in [1.807, 2.05) is 33.0 Å². The highest BCUT2D eigenvalue weighted by Gasteiger charge is 1.98. The zero-order valence-corrected chi connectivity index (χ0v) is 9.87. The SMILES string of the molecule is CC.Cc1ccc(=O)n(CC(C)C)c1. The van der Waals surface area contributed by atoms with E-state index in [2.05, 4.69) is 13.8 Å². The molecule has 0 radical (unpaired) electrons.